The van der Waals surface area contributed by atoms with Crippen molar-refractivity contribution in [2.45, 2.75) is 236 Å². The Morgan fingerprint density at radius 3 is 1.62 bits per heavy atom. The van der Waals surface area contributed by atoms with Crippen molar-refractivity contribution in [3.8, 4) is 0 Å². The molecule has 0 bridgehead atoms. The largest absolute Gasteiger partial charge is 0.394 e. The van der Waals surface area contributed by atoms with Gasteiger partial charge in [0.15, 0.2) is 6.29 Å². The predicted molar refractivity (Wildman–Crippen MR) is 210 cm³/mol. The van der Waals surface area contributed by atoms with E-state index in [1.165, 1.54) is 103 Å². The molecule has 1 rings (SSSR count). The minimum atomic E-state index is -1.66. The first-order chi connectivity index (χ1) is 25.7. The SMILES string of the molecule is CCCCCCCCCCCCCCC/C=C/CCCC(O)C(O)C(COC1OC(CO)C(O)C(O)C1O)NC(=O)C(O)CCCCCCCCCC. The van der Waals surface area contributed by atoms with Crippen LogP contribution in [0, 0.1) is 0 Å². The van der Waals surface area contributed by atoms with Gasteiger partial charge in [-0.05, 0) is 38.5 Å². The molecule has 0 aromatic rings. The van der Waals surface area contributed by atoms with Crippen LogP contribution in [0.4, 0.5) is 0 Å². The van der Waals surface area contributed by atoms with Crippen molar-refractivity contribution < 1.29 is 50.0 Å². The van der Waals surface area contributed by atoms with Gasteiger partial charge in [0.1, 0.15) is 36.6 Å². The van der Waals surface area contributed by atoms with E-state index in [4.69, 9.17) is 9.47 Å². The lowest BCUT2D eigenvalue weighted by Gasteiger charge is -2.40. The summed E-state index contributed by atoms with van der Waals surface area (Å²) in [5.41, 5.74) is 0. The Labute approximate surface area is 322 Å². The third-order valence-electron chi connectivity index (χ3n) is 10.6. The topological polar surface area (TPSA) is 189 Å². The van der Waals surface area contributed by atoms with Gasteiger partial charge in [0.05, 0.1) is 25.4 Å². The van der Waals surface area contributed by atoms with Gasteiger partial charge < -0.3 is 50.5 Å². The Balaban J connectivity index is 2.47. The number of rotatable bonds is 35. The second-order valence-corrected chi connectivity index (χ2v) is 15.4. The lowest BCUT2D eigenvalue weighted by molar-refractivity contribution is -0.303. The van der Waals surface area contributed by atoms with E-state index in [1.807, 2.05) is 0 Å². The Kier molecular flexibility index (Phi) is 31.1. The molecule has 9 unspecified atom stereocenters. The highest BCUT2D eigenvalue weighted by atomic mass is 16.7. The second kappa shape index (κ2) is 33.0. The van der Waals surface area contributed by atoms with Crippen molar-refractivity contribution in [3.05, 3.63) is 12.2 Å². The summed E-state index contributed by atoms with van der Waals surface area (Å²) in [6.45, 7) is 3.37. The highest BCUT2D eigenvalue weighted by molar-refractivity contribution is 5.80. The number of carbonyl (C=O) groups is 1. The van der Waals surface area contributed by atoms with Crippen molar-refractivity contribution in [1.82, 2.24) is 5.32 Å². The van der Waals surface area contributed by atoms with Crippen LogP contribution >= 0.6 is 0 Å². The quantitative estimate of drug-likeness (QED) is 0.0277. The van der Waals surface area contributed by atoms with Crippen molar-refractivity contribution in [2.75, 3.05) is 13.2 Å². The van der Waals surface area contributed by atoms with Crippen molar-refractivity contribution in [3.63, 3.8) is 0 Å². The number of hydrogen-bond donors (Lipinski definition) is 8. The highest BCUT2D eigenvalue weighted by Crippen LogP contribution is 2.23. The van der Waals surface area contributed by atoms with E-state index in [0.29, 0.717) is 12.8 Å². The van der Waals surface area contributed by atoms with Gasteiger partial charge in [-0.2, -0.15) is 0 Å². The van der Waals surface area contributed by atoms with Gasteiger partial charge in [-0.3, -0.25) is 4.79 Å². The van der Waals surface area contributed by atoms with Crippen molar-refractivity contribution >= 4 is 5.91 Å². The Bertz CT molecular complexity index is 877. The lowest BCUT2D eigenvalue weighted by Crippen LogP contribution is -2.60. The van der Waals surface area contributed by atoms with Crippen LogP contribution in [-0.2, 0) is 14.3 Å². The van der Waals surface area contributed by atoms with Gasteiger partial charge in [0, 0.05) is 0 Å². The maximum Gasteiger partial charge on any atom is 0.249 e. The van der Waals surface area contributed by atoms with Crippen LogP contribution in [0.25, 0.3) is 0 Å². The molecular weight excluding hydrogens is 678 g/mol. The predicted octanol–water partition coefficient (Wildman–Crippen LogP) is 6.11. The summed E-state index contributed by atoms with van der Waals surface area (Å²) in [6, 6.07) is -1.18. The van der Waals surface area contributed by atoms with Crippen LogP contribution in [0.2, 0.25) is 0 Å². The van der Waals surface area contributed by atoms with Crippen LogP contribution in [0.5, 0.6) is 0 Å². The average molecular weight is 760 g/mol. The van der Waals surface area contributed by atoms with E-state index in [2.05, 4.69) is 31.3 Å². The summed E-state index contributed by atoms with van der Waals surface area (Å²) in [7, 11) is 0. The Morgan fingerprint density at radius 1 is 0.642 bits per heavy atom. The minimum Gasteiger partial charge on any atom is -0.394 e. The molecule has 0 aromatic heterocycles. The molecule has 11 heteroatoms. The zero-order valence-electron chi connectivity index (χ0n) is 33.5. The molecule has 1 amide bonds. The number of amides is 1. The van der Waals surface area contributed by atoms with Gasteiger partial charge in [-0.25, -0.2) is 0 Å². The molecule has 0 saturated carbocycles. The first kappa shape index (κ1) is 49.9. The molecule has 1 heterocycles. The average Bonchev–Trinajstić information content (AvgIpc) is 3.16. The zero-order chi connectivity index (χ0) is 39.1. The molecule has 314 valence electrons. The molecule has 11 nitrogen and oxygen atoms in total. The molecule has 0 aromatic carbocycles. The van der Waals surface area contributed by atoms with E-state index >= 15 is 0 Å². The van der Waals surface area contributed by atoms with E-state index in [-0.39, 0.29) is 12.8 Å². The number of unbranched alkanes of at least 4 members (excludes halogenated alkanes) is 21. The third-order valence-corrected chi connectivity index (χ3v) is 10.6. The molecular formula is C42H81NO10. The fraction of sp³-hybridized carbons (Fsp3) is 0.929. The smallest absolute Gasteiger partial charge is 0.249 e. The molecule has 53 heavy (non-hydrogen) atoms. The first-order valence-electron chi connectivity index (χ1n) is 21.6. The summed E-state index contributed by atoms with van der Waals surface area (Å²) in [5, 5.41) is 75.2. The number of hydrogen-bond acceptors (Lipinski definition) is 10. The summed E-state index contributed by atoms with van der Waals surface area (Å²) >= 11 is 0. The molecule has 0 aliphatic carbocycles. The zero-order valence-corrected chi connectivity index (χ0v) is 33.5. The maximum absolute atomic E-state index is 13.0. The van der Waals surface area contributed by atoms with E-state index in [1.54, 1.807) is 0 Å². The minimum absolute atomic E-state index is 0.255. The molecule has 1 saturated heterocycles. The van der Waals surface area contributed by atoms with Crippen LogP contribution < -0.4 is 5.32 Å². The molecule has 1 aliphatic rings. The molecule has 9 atom stereocenters. The van der Waals surface area contributed by atoms with Gasteiger partial charge in [0.2, 0.25) is 5.91 Å². The van der Waals surface area contributed by atoms with E-state index in [9.17, 15) is 40.5 Å². The van der Waals surface area contributed by atoms with Crippen LogP contribution in [-0.4, -0.2) is 110 Å². The van der Waals surface area contributed by atoms with Gasteiger partial charge >= 0.3 is 0 Å². The number of ether oxygens (including phenoxy) is 2. The number of carbonyl (C=O) groups excluding carboxylic acids is 1. The number of aliphatic hydroxyl groups excluding tert-OH is 7. The van der Waals surface area contributed by atoms with Crippen LogP contribution in [0.15, 0.2) is 12.2 Å². The standard InChI is InChI=1S/C42H81NO10/c1-3-5-7-9-11-13-14-15-16-17-18-19-20-21-22-24-25-27-29-34(45)37(47)33(32-52-42-40(50)39(49)38(48)36(31-44)53-42)43-41(51)35(46)30-28-26-23-12-10-8-6-4-2/h22,24,33-40,42,44-50H,3-21,23,25-32H2,1-2H3,(H,43,51)/b24-22+. The van der Waals surface area contributed by atoms with Crippen LogP contribution in [0.3, 0.4) is 0 Å². The number of nitrogens with one attached hydrogen (secondary N) is 1. The fourth-order valence-corrected chi connectivity index (χ4v) is 6.91. The number of allylic oxidation sites excluding steroid dienone is 2. The fourth-order valence-electron chi connectivity index (χ4n) is 6.91. The lowest BCUT2D eigenvalue weighted by atomic mass is 9.98. The van der Waals surface area contributed by atoms with Gasteiger partial charge in [-0.15, -0.1) is 0 Å². The summed E-state index contributed by atoms with van der Waals surface area (Å²) in [6.07, 6.45) is 21.5. The molecule has 1 aliphatic heterocycles. The van der Waals surface area contributed by atoms with Crippen LogP contribution in [0.1, 0.15) is 181 Å². The summed E-state index contributed by atoms with van der Waals surface area (Å²) in [4.78, 5) is 13.0. The van der Waals surface area contributed by atoms with E-state index in [0.717, 1.165) is 38.5 Å². The maximum atomic E-state index is 13.0. The summed E-state index contributed by atoms with van der Waals surface area (Å²) in [5.74, 6) is -0.710. The van der Waals surface area contributed by atoms with Gasteiger partial charge in [0.25, 0.3) is 0 Å². The number of aliphatic hydroxyl groups is 7. The highest BCUT2D eigenvalue weighted by Gasteiger charge is 2.44. The second-order valence-electron chi connectivity index (χ2n) is 15.4. The van der Waals surface area contributed by atoms with Crippen molar-refractivity contribution in [1.29, 1.82) is 0 Å². The normalized spacial score (nSPS) is 22.9. The Morgan fingerprint density at radius 2 is 1.11 bits per heavy atom. The van der Waals surface area contributed by atoms with E-state index < -0.39 is 74.2 Å². The molecule has 0 radical (unpaired) electrons. The monoisotopic (exact) mass is 760 g/mol. The third kappa shape index (κ3) is 23.5. The molecule has 0 spiro atoms. The molecule has 1 fully saturated rings. The molecule has 8 N–H and O–H groups in total. The summed E-state index contributed by atoms with van der Waals surface area (Å²) < 4.78 is 11.0. The van der Waals surface area contributed by atoms with Gasteiger partial charge in [-0.1, -0.05) is 154 Å². The first-order valence-corrected chi connectivity index (χ1v) is 21.6. The Hall–Kier alpha value is -1.15. The van der Waals surface area contributed by atoms with Crippen molar-refractivity contribution in [2.24, 2.45) is 0 Å².